The van der Waals surface area contributed by atoms with Gasteiger partial charge in [-0.2, -0.15) is 4.36 Å². The van der Waals surface area contributed by atoms with Gasteiger partial charge < -0.3 is 15.2 Å². The molecular weight excluding hydrogens is 380 g/mol. The van der Waals surface area contributed by atoms with Crippen LogP contribution in [0, 0.1) is 0 Å². The van der Waals surface area contributed by atoms with Gasteiger partial charge in [-0.25, -0.2) is 14.2 Å². The molecule has 0 bridgehead atoms. The second-order valence-corrected chi connectivity index (χ2v) is 8.36. The van der Waals surface area contributed by atoms with Crippen molar-refractivity contribution in [1.29, 1.82) is 0 Å². The first kappa shape index (κ1) is 19.6. The first-order chi connectivity index (χ1) is 13.3. The minimum Gasteiger partial charge on any atom is -0.493 e. The van der Waals surface area contributed by atoms with Gasteiger partial charge in [-0.05, 0) is 23.8 Å². The zero-order valence-electron chi connectivity index (χ0n) is 15.7. The molecule has 28 heavy (non-hydrogen) atoms. The number of carbonyl (C=O) groups excluding carboxylic acids is 1. The number of hydrogen-bond donors (Lipinski definition) is 1. The van der Waals surface area contributed by atoms with Crippen LogP contribution in [-0.2, 0) is 20.9 Å². The van der Waals surface area contributed by atoms with Gasteiger partial charge in [0.25, 0.3) is 0 Å². The first-order valence-corrected chi connectivity index (χ1v) is 10.2. The molecule has 1 atom stereocenters. The summed E-state index contributed by atoms with van der Waals surface area (Å²) >= 11 is 0. The summed E-state index contributed by atoms with van der Waals surface area (Å²) in [6, 6.07) is 10.2. The normalized spacial score (nSPS) is 13.0. The van der Waals surface area contributed by atoms with E-state index in [1.165, 1.54) is 26.8 Å². The van der Waals surface area contributed by atoms with Crippen LogP contribution in [0.5, 0.6) is 11.5 Å². The monoisotopic (exact) mass is 400 g/mol. The SMILES string of the molecule is COc1cc2ncnc(N=S(C)(=O)c3ccc(CC(N)=O)cc3)c2cc1OC. The molecule has 0 aliphatic rings. The van der Waals surface area contributed by atoms with Crippen LogP contribution in [0.2, 0.25) is 0 Å². The van der Waals surface area contributed by atoms with E-state index < -0.39 is 15.6 Å². The largest absolute Gasteiger partial charge is 0.493 e. The van der Waals surface area contributed by atoms with E-state index in [2.05, 4.69) is 14.3 Å². The number of ether oxygens (including phenoxy) is 2. The number of methoxy groups -OCH3 is 2. The van der Waals surface area contributed by atoms with E-state index in [0.29, 0.717) is 33.1 Å². The number of hydrogen-bond acceptors (Lipinski definition) is 7. The van der Waals surface area contributed by atoms with Gasteiger partial charge in [-0.3, -0.25) is 4.79 Å². The Morgan fingerprint density at radius 2 is 1.75 bits per heavy atom. The van der Waals surface area contributed by atoms with Crippen molar-refractivity contribution in [2.24, 2.45) is 10.1 Å². The quantitative estimate of drug-likeness (QED) is 0.679. The zero-order valence-corrected chi connectivity index (χ0v) is 16.5. The molecule has 0 radical (unpaired) electrons. The van der Waals surface area contributed by atoms with Crippen molar-refractivity contribution in [3.8, 4) is 11.5 Å². The fourth-order valence-electron chi connectivity index (χ4n) is 2.72. The lowest BCUT2D eigenvalue weighted by Gasteiger charge is -2.10. The lowest BCUT2D eigenvalue weighted by atomic mass is 10.1. The van der Waals surface area contributed by atoms with Crippen LogP contribution in [0.15, 0.2) is 52.0 Å². The summed E-state index contributed by atoms with van der Waals surface area (Å²) in [4.78, 5) is 20.0. The maximum absolute atomic E-state index is 13.2. The summed E-state index contributed by atoms with van der Waals surface area (Å²) in [5.74, 6) is 0.896. The molecule has 0 saturated heterocycles. The molecule has 8 nitrogen and oxygen atoms in total. The second kappa shape index (κ2) is 7.81. The van der Waals surface area contributed by atoms with Crippen LogP contribution in [0.3, 0.4) is 0 Å². The molecule has 0 saturated carbocycles. The van der Waals surface area contributed by atoms with Crippen molar-refractivity contribution in [2.75, 3.05) is 20.5 Å². The summed E-state index contributed by atoms with van der Waals surface area (Å²) in [5, 5.41) is 0.597. The van der Waals surface area contributed by atoms with Crippen molar-refractivity contribution in [3.63, 3.8) is 0 Å². The predicted octanol–water partition coefficient (Wildman–Crippen LogP) is 2.46. The molecule has 1 unspecified atom stereocenters. The molecule has 146 valence electrons. The Morgan fingerprint density at radius 3 is 2.36 bits per heavy atom. The molecule has 3 rings (SSSR count). The Bertz CT molecular complexity index is 1150. The van der Waals surface area contributed by atoms with Gasteiger partial charge in [0.15, 0.2) is 17.3 Å². The molecule has 0 fully saturated rings. The molecule has 0 spiro atoms. The third kappa shape index (κ3) is 4.04. The minimum atomic E-state index is -2.79. The topological polar surface area (TPSA) is 117 Å². The van der Waals surface area contributed by atoms with Gasteiger partial charge in [0.1, 0.15) is 6.33 Å². The van der Waals surface area contributed by atoms with Gasteiger partial charge in [0.05, 0.1) is 35.9 Å². The summed E-state index contributed by atoms with van der Waals surface area (Å²) in [6.45, 7) is 0. The van der Waals surface area contributed by atoms with E-state index in [-0.39, 0.29) is 6.42 Å². The highest BCUT2D eigenvalue weighted by Crippen LogP contribution is 2.35. The lowest BCUT2D eigenvalue weighted by molar-refractivity contribution is -0.117. The fourth-order valence-corrected chi connectivity index (χ4v) is 3.94. The Balaban J connectivity index is 2.09. The minimum absolute atomic E-state index is 0.125. The summed E-state index contributed by atoms with van der Waals surface area (Å²) in [7, 11) is 0.278. The molecule has 1 aromatic heterocycles. The summed E-state index contributed by atoms with van der Waals surface area (Å²) < 4.78 is 28.3. The average molecular weight is 400 g/mol. The maximum atomic E-state index is 13.2. The van der Waals surface area contributed by atoms with E-state index >= 15 is 0 Å². The van der Waals surface area contributed by atoms with Crippen LogP contribution in [0.1, 0.15) is 5.56 Å². The summed E-state index contributed by atoms with van der Waals surface area (Å²) in [5.41, 5.74) is 6.54. The number of benzene rings is 2. The molecule has 1 heterocycles. The number of rotatable bonds is 6. The van der Waals surface area contributed by atoms with Gasteiger partial charge in [0, 0.05) is 22.6 Å². The zero-order chi connectivity index (χ0) is 20.3. The summed E-state index contributed by atoms with van der Waals surface area (Å²) in [6.07, 6.45) is 3.02. The van der Waals surface area contributed by atoms with Gasteiger partial charge >= 0.3 is 0 Å². The van der Waals surface area contributed by atoms with E-state index in [1.807, 2.05) is 0 Å². The number of aromatic nitrogens is 2. The molecule has 9 heteroatoms. The van der Waals surface area contributed by atoms with Crippen molar-refractivity contribution < 1.29 is 18.5 Å². The lowest BCUT2D eigenvalue weighted by Crippen LogP contribution is -2.13. The highest BCUT2D eigenvalue weighted by molar-refractivity contribution is 7.93. The van der Waals surface area contributed by atoms with E-state index in [1.54, 1.807) is 36.4 Å². The molecule has 3 aromatic rings. The Morgan fingerprint density at radius 1 is 1.11 bits per heavy atom. The smallest absolute Gasteiger partial charge is 0.221 e. The number of primary amides is 1. The molecule has 0 aliphatic carbocycles. The van der Waals surface area contributed by atoms with Crippen LogP contribution in [0.25, 0.3) is 10.9 Å². The number of fused-ring (bicyclic) bond motifs is 1. The third-order valence-corrected chi connectivity index (χ3v) is 5.79. The molecular formula is C19H20N4O4S. The number of nitrogens with zero attached hydrogens (tertiary/aromatic N) is 3. The molecule has 2 N–H and O–H groups in total. The molecule has 2 aromatic carbocycles. The van der Waals surface area contributed by atoms with E-state index in [4.69, 9.17) is 15.2 Å². The van der Waals surface area contributed by atoms with E-state index in [9.17, 15) is 9.00 Å². The maximum Gasteiger partial charge on any atom is 0.221 e. The fraction of sp³-hybridized carbons (Fsp3) is 0.211. The van der Waals surface area contributed by atoms with Crippen molar-refractivity contribution in [3.05, 3.63) is 48.3 Å². The standard InChI is InChI=1S/C19H20N4O4S/c1-26-16-9-14-15(10-17(16)27-2)21-11-22-19(14)23-28(3,25)13-6-4-12(5-7-13)8-18(20)24/h4-7,9-11H,8H2,1-3H3,(H2,20,24). The van der Waals surface area contributed by atoms with Crippen LogP contribution in [-0.4, -0.2) is 40.6 Å². The Kier molecular flexibility index (Phi) is 5.46. The highest BCUT2D eigenvalue weighted by atomic mass is 32.2. The van der Waals surface area contributed by atoms with Crippen molar-refractivity contribution >= 4 is 32.4 Å². The first-order valence-electron chi connectivity index (χ1n) is 8.30. The molecule has 1 amide bonds. The Hall–Kier alpha value is -3.20. The van der Waals surface area contributed by atoms with E-state index in [0.717, 1.165) is 5.56 Å². The van der Waals surface area contributed by atoms with Crippen molar-refractivity contribution in [1.82, 2.24) is 9.97 Å². The highest BCUT2D eigenvalue weighted by Gasteiger charge is 2.13. The Labute approximate surface area is 162 Å². The third-order valence-electron chi connectivity index (χ3n) is 4.12. The second-order valence-electron chi connectivity index (χ2n) is 6.10. The van der Waals surface area contributed by atoms with Gasteiger partial charge in [-0.1, -0.05) is 12.1 Å². The van der Waals surface area contributed by atoms with Gasteiger partial charge in [-0.15, -0.1) is 0 Å². The number of carbonyl (C=O) groups is 1. The number of amides is 1. The predicted molar refractivity (Wildman–Crippen MR) is 106 cm³/mol. The number of nitrogens with two attached hydrogens (primary N) is 1. The van der Waals surface area contributed by atoms with Crippen molar-refractivity contribution in [2.45, 2.75) is 11.3 Å². The molecule has 0 aliphatic heterocycles. The van der Waals surface area contributed by atoms with Crippen LogP contribution >= 0.6 is 0 Å². The average Bonchev–Trinajstić information content (AvgIpc) is 2.67. The van der Waals surface area contributed by atoms with Gasteiger partial charge in [0.2, 0.25) is 5.91 Å². The van der Waals surface area contributed by atoms with Crippen LogP contribution < -0.4 is 15.2 Å². The van der Waals surface area contributed by atoms with Crippen LogP contribution in [0.4, 0.5) is 5.82 Å².